The molecular weight excluding hydrogens is 305 g/mol. The zero-order valence-corrected chi connectivity index (χ0v) is 12.4. The summed E-state index contributed by atoms with van der Waals surface area (Å²) in [6.45, 7) is 3.33. The Bertz CT molecular complexity index is 514. The van der Waals surface area contributed by atoms with Gasteiger partial charge in [-0.3, -0.25) is 4.21 Å². The van der Waals surface area contributed by atoms with Gasteiger partial charge in [0.05, 0.1) is 0 Å². The molecule has 118 valence electrons. The third-order valence-corrected chi connectivity index (χ3v) is 4.30. The SMILES string of the molecule is CCCNc1cc(N2CCS(=O)CC2)nc(C(F)(F)F)n1. The van der Waals surface area contributed by atoms with Crippen LogP contribution in [0.5, 0.6) is 0 Å². The Morgan fingerprint density at radius 3 is 2.57 bits per heavy atom. The van der Waals surface area contributed by atoms with Crippen molar-refractivity contribution < 1.29 is 17.4 Å². The lowest BCUT2D eigenvalue weighted by atomic mass is 10.4. The minimum Gasteiger partial charge on any atom is -0.370 e. The smallest absolute Gasteiger partial charge is 0.370 e. The van der Waals surface area contributed by atoms with Crippen LogP contribution in [0.4, 0.5) is 24.8 Å². The van der Waals surface area contributed by atoms with Crippen LogP contribution in [0.1, 0.15) is 19.2 Å². The molecule has 0 amide bonds. The molecule has 0 saturated carbocycles. The summed E-state index contributed by atoms with van der Waals surface area (Å²) in [5, 5.41) is 2.86. The molecule has 0 radical (unpaired) electrons. The Morgan fingerprint density at radius 2 is 2.00 bits per heavy atom. The van der Waals surface area contributed by atoms with E-state index in [1.165, 1.54) is 6.07 Å². The molecule has 5 nitrogen and oxygen atoms in total. The van der Waals surface area contributed by atoms with Gasteiger partial charge in [-0.15, -0.1) is 0 Å². The number of alkyl halides is 3. The van der Waals surface area contributed by atoms with Gasteiger partial charge >= 0.3 is 6.18 Å². The largest absolute Gasteiger partial charge is 0.451 e. The van der Waals surface area contributed by atoms with Crippen molar-refractivity contribution >= 4 is 22.4 Å². The third kappa shape index (κ3) is 4.29. The molecule has 2 heterocycles. The molecule has 1 fully saturated rings. The maximum atomic E-state index is 12.9. The van der Waals surface area contributed by atoms with E-state index in [2.05, 4.69) is 15.3 Å². The highest BCUT2D eigenvalue weighted by atomic mass is 32.2. The predicted octanol–water partition coefficient (Wildman–Crippen LogP) is 1.89. The first-order valence-corrected chi connectivity index (χ1v) is 8.19. The van der Waals surface area contributed by atoms with Gasteiger partial charge < -0.3 is 10.2 Å². The highest BCUT2D eigenvalue weighted by molar-refractivity contribution is 7.85. The monoisotopic (exact) mass is 322 g/mol. The van der Waals surface area contributed by atoms with Crippen LogP contribution in [-0.4, -0.2) is 45.3 Å². The molecule has 1 saturated heterocycles. The Morgan fingerprint density at radius 1 is 1.33 bits per heavy atom. The molecule has 0 unspecified atom stereocenters. The maximum Gasteiger partial charge on any atom is 0.451 e. The molecule has 1 N–H and O–H groups in total. The molecule has 0 atom stereocenters. The van der Waals surface area contributed by atoms with E-state index in [4.69, 9.17) is 0 Å². The molecule has 1 aliphatic heterocycles. The zero-order chi connectivity index (χ0) is 15.5. The summed E-state index contributed by atoms with van der Waals surface area (Å²) >= 11 is 0. The van der Waals surface area contributed by atoms with E-state index in [0.717, 1.165) is 6.42 Å². The standard InChI is InChI=1S/C12H17F3N4OS/c1-2-3-16-9-8-10(18-11(17-9)12(13,14)15)19-4-6-21(20)7-5-19/h8H,2-7H2,1H3,(H,16,17,18). The van der Waals surface area contributed by atoms with Gasteiger partial charge in [0, 0.05) is 48.0 Å². The van der Waals surface area contributed by atoms with Crippen LogP contribution < -0.4 is 10.2 Å². The van der Waals surface area contributed by atoms with Gasteiger partial charge in [-0.05, 0) is 6.42 Å². The highest BCUT2D eigenvalue weighted by Gasteiger charge is 2.36. The molecule has 0 spiro atoms. The lowest BCUT2D eigenvalue weighted by molar-refractivity contribution is -0.144. The van der Waals surface area contributed by atoms with Crippen molar-refractivity contribution in [2.24, 2.45) is 0 Å². The van der Waals surface area contributed by atoms with Crippen LogP contribution in [0.3, 0.4) is 0 Å². The summed E-state index contributed by atoms with van der Waals surface area (Å²) in [5.74, 6) is 0.144. The van der Waals surface area contributed by atoms with Crippen molar-refractivity contribution in [3.63, 3.8) is 0 Å². The van der Waals surface area contributed by atoms with Gasteiger partial charge in [-0.2, -0.15) is 13.2 Å². The van der Waals surface area contributed by atoms with Gasteiger partial charge in [0.25, 0.3) is 0 Å². The molecule has 0 aliphatic carbocycles. The summed E-state index contributed by atoms with van der Waals surface area (Å²) in [5.41, 5.74) is 0. The fraction of sp³-hybridized carbons (Fsp3) is 0.667. The van der Waals surface area contributed by atoms with E-state index in [0.29, 0.717) is 31.1 Å². The number of rotatable bonds is 4. The summed E-state index contributed by atoms with van der Waals surface area (Å²) in [7, 11) is -0.890. The van der Waals surface area contributed by atoms with E-state index in [1.807, 2.05) is 6.92 Å². The minimum absolute atomic E-state index is 0.167. The van der Waals surface area contributed by atoms with Crippen molar-refractivity contribution in [2.45, 2.75) is 19.5 Å². The van der Waals surface area contributed by atoms with E-state index >= 15 is 0 Å². The summed E-state index contributed by atoms with van der Waals surface area (Å²) < 4.78 is 50.0. The number of hydrogen-bond donors (Lipinski definition) is 1. The Labute approximate surface area is 123 Å². The first-order valence-electron chi connectivity index (χ1n) is 6.70. The molecular formula is C12H17F3N4OS. The maximum absolute atomic E-state index is 12.9. The first kappa shape index (κ1) is 16.0. The average Bonchev–Trinajstić information content (AvgIpc) is 2.44. The summed E-state index contributed by atoms with van der Waals surface area (Å²) in [4.78, 5) is 8.85. The van der Waals surface area contributed by atoms with E-state index in [-0.39, 0.29) is 11.6 Å². The molecule has 1 aromatic rings. The molecule has 9 heteroatoms. The number of hydrogen-bond acceptors (Lipinski definition) is 5. The lowest BCUT2D eigenvalue weighted by Gasteiger charge is -2.28. The second-order valence-corrected chi connectivity index (χ2v) is 6.39. The third-order valence-electron chi connectivity index (χ3n) is 3.02. The summed E-state index contributed by atoms with van der Waals surface area (Å²) in [6.07, 6.45) is -3.80. The number of aromatic nitrogens is 2. The molecule has 21 heavy (non-hydrogen) atoms. The van der Waals surface area contributed by atoms with Crippen LogP contribution in [0.25, 0.3) is 0 Å². The number of halogens is 3. The number of anilines is 2. The average molecular weight is 322 g/mol. The highest BCUT2D eigenvalue weighted by Crippen LogP contribution is 2.29. The Balaban J connectivity index is 2.28. The Kier molecular flexibility index (Phi) is 5.02. The fourth-order valence-electron chi connectivity index (χ4n) is 1.93. The second-order valence-electron chi connectivity index (χ2n) is 4.69. The van der Waals surface area contributed by atoms with Gasteiger partial charge in [-0.25, -0.2) is 9.97 Å². The molecule has 1 aliphatic rings. The zero-order valence-electron chi connectivity index (χ0n) is 11.6. The van der Waals surface area contributed by atoms with Crippen LogP contribution >= 0.6 is 0 Å². The normalized spacial score (nSPS) is 17.0. The van der Waals surface area contributed by atoms with E-state index < -0.39 is 22.8 Å². The van der Waals surface area contributed by atoms with Crippen LogP contribution in [0, 0.1) is 0 Å². The van der Waals surface area contributed by atoms with Crippen molar-refractivity contribution in [1.29, 1.82) is 0 Å². The number of nitrogens with zero attached hydrogens (tertiary/aromatic N) is 3. The topological polar surface area (TPSA) is 58.1 Å². The quantitative estimate of drug-likeness (QED) is 0.917. The van der Waals surface area contributed by atoms with Gasteiger partial charge in [0.15, 0.2) is 0 Å². The molecule has 2 rings (SSSR count). The van der Waals surface area contributed by atoms with Crippen molar-refractivity contribution in [3.05, 3.63) is 11.9 Å². The van der Waals surface area contributed by atoms with Crippen molar-refractivity contribution in [2.75, 3.05) is 41.4 Å². The molecule has 0 aromatic carbocycles. The lowest BCUT2D eigenvalue weighted by Crippen LogP contribution is -2.38. The van der Waals surface area contributed by atoms with Gasteiger partial charge in [-0.1, -0.05) is 6.92 Å². The van der Waals surface area contributed by atoms with Crippen LogP contribution in [-0.2, 0) is 17.0 Å². The molecule has 1 aromatic heterocycles. The van der Waals surface area contributed by atoms with Crippen LogP contribution in [0.2, 0.25) is 0 Å². The predicted molar refractivity (Wildman–Crippen MR) is 75.9 cm³/mol. The fourth-order valence-corrected chi connectivity index (χ4v) is 2.99. The van der Waals surface area contributed by atoms with E-state index in [9.17, 15) is 17.4 Å². The Hall–Kier alpha value is -1.38. The first-order chi connectivity index (χ1) is 9.90. The van der Waals surface area contributed by atoms with Crippen LogP contribution in [0.15, 0.2) is 6.07 Å². The molecule has 0 bridgehead atoms. The second kappa shape index (κ2) is 6.59. The van der Waals surface area contributed by atoms with Crippen molar-refractivity contribution in [1.82, 2.24) is 9.97 Å². The summed E-state index contributed by atoms with van der Waals surface area (Å²) in [6, 6.07) is 1.51. The van der Waals surface area contributed by atoms with E-state index in [1.54, 1.807) is 4.90 Å². The minimum atomic E-state index is -4.59. The van der Waals surface area contributed by atoms with Gasteiger partial charge in [0.2, 0.25) is 5.82 Å². The number of nitrogens with one attached hydrogen (secondary N) is 1. The van der Waals surface area contributed by atoms with Crippen molar-refractivity contribution in [3.8, 4) is 0 Å². The van der Waals surface area contributed by atoms with Gasteiger partial charge in [0.1, 0.15) is 11.6 Å².